The molecule has 0 amide bonds. The van der Waals surface area contributed by atoms with Gasteiger partial charge in [-0.15, -0.1) is 0 Å². The van der Waals surface area contributed by atoms with Crippen molar-refractivity contribution >= 4 is 32.0 Å². The molecule has 0 bridgehead atoms. The molecule has 1 rings (SSSR count). The van der Waals surface area contributed by atoms with Crippen LogP contribution < -0.4 is 4.72 Å². The van der Waals surface area contributed by atoms with Crippen molar-refractivity contribution in [2.45, 2.75) is 13.0 Å². The van der Waals surface area contributed by atoms with Crippen molar-refractivity contribution in [2.75, 3.05) is 6.61 Å². The number of hydrogen-bond donors (Lipinski definition) is 2. The van der Waals surface area contributed by atoms with Crippen molar-refractivity contribution in [2.24, 2.45) is 0 Å². The third-order valence-corrected chi connectivity index (χ3v) is 3.70. The van der Waals surface area contributed by atoms with Crippen molar-refractivity contribution < 1.29 is 13.5 Å². The van der Waals surface area contributed by atoms with Crippen LogP contribution in [0.15, 0.2) is 34.1 Å². The molecule has 0 spiro atoms. The van der Waals surface area contributed by atoms with E-state index in [1.54, 1.807) is 19.1 Å². The summed E-state index contributed by atoms with van der Waals surface area (Å²) < 4.78 is 26.3. The molecule has 0 heterocycles. The van der Waals surface area contributed by atoms with E-state index in [4.69, 9.17) is 5.11 Å². The molecule has 0 fully saturated rings. The van der Waals surface area contributed by atoms with Crippen molar-refractivity contribution in [3.8, 4) is 0 Å². The fourth-order valence-corrected chi connectivity index (χ4v) is 2.41. The van der Waals surface area contributed by atoms with Gasteiger partial charge in [0.15, 0.2) is 0 Å². The van der Waals surface area contributed by atoms with Gasteiger partial charge in [-0.2, -0.15) is 0 Å². The zero-order valence-electron chi connectivity index (χ0n) is 9.30. The maximum atomic E-state index is 11.5. The van der Waals surface area contributed by atoms with Gasteiger partial charge in [0.25, 0.3) is 0 Å². The maximum absolute atomic E-state index is 11.5. The average molecular weight is 320 g/mol. The minimum atomic E-state index is -3.50. The zero-order chi connectivity index (χ0) is 12.9. The van der Waals surface area contributed by atoms with Crippen LogP contribution in [0.2, 0.25) is 0 Å². The molecule has 1 aromatic carbocycles. The van der Waals surface area contributed by atoms with E-state index >= 15 is 0 Å². The smallest absolute Gasteiger partial charge is 0.234 e. The molecule has 6 heteroatoms. The van der Waals surface area contributed by atoms with Crippen LogP contribution in [0.5, 0.6) is 0 Å². The summed E-state index contributed by atoms with van der Waals surface area (Å²) in [6.45, 7) is 1.36. The highest BCUT2D eigenvalue weighted by atomic mass is 79.9. The summed E-state index contributed by atoms with van der Waals surface area (Å²) in [5.74, 6) is 0. The lowest BCUT2D eigenvalue weighted by molar-refractivity contribution is 0.265. The van der Waals surface area contributed by atoms with Gasteiger partial charge in [0, 0.05) is 15.9 Å². The third-order valence-electron chi connectivity index (χ3n) is 1.95. The molecule has 0 aromatic heterocycles. The van der Waals surface area contributed by atoms with Gasteiger partial charge in [-0.05, 0) is 30.7 Å². The average Bonchev–Trinajstić information content (AvgIpc) is 2.28. The van der Waals surface area contributed by atoms with Crippen LogP contribution in [0.1, 0.15) is 12.5 Å². The highest BCUT2D eigenvalue weighted by molar-refractivity contribution is 9.10. The van der Waals surface area contributed by atoms with Crippen LogP contribution in [0, 0.1) is 0 Å². The fourth-order valence-electron chi connectivity index (χ4n) is 1.10. The highest BCUT2D eigenvalue weighted by Gasteiger charge is 2.09. The quantitative estimate of drug-likeness (QED) is 0.868. The standard InChI is InChI=1S/C11H14BrNO3S/c1-9(8-14)13-17(15,16)7-6-10-2-4-11(12)5-3-10/h2-7,9,13-14H,8H2,1H3/b7-6+. The number of aliphatic hydroxyl groups is 1. The SMILES string of the molecule is CC(CO)NS(=O)(=O)/C=C/c1ccc(Br)cc1. The van der Waals surface area contributed by atoms with Crippen molar-refractivity contribution in [3.63, 3.8) is 0 Å². The molecule has 0 aliphatic carbocycles. The van der Waals surface area contributed by atoms with Gasteiger partial charge in [-0.3, -0.25) is 0 Å². The number of hydrogen-bond acceptors (Lipinski definition) is 3. The van der Waals surface area contributed by atoms with Crippen LogP contribution in [0.25, 0.3) is 6.08 Å². The van der Waals surface area contributed by atoms with E-state index in [1.807, 2.05) is 12.1 Å². The minimum Gasteiger partial charge on any atom is -0.395 e. The summed E-state index contributed by atoms with van der Waals surface area (Å²) in [6, 6.07) is 6.76. The number of aliphatic hydroxyl groups excluding tert-OH is 1. The largest absolute Gasteiger partial charge is 0.395 e. The van der Waals surface area contributed by atoms with Crippen molar-refractivity contribution in [1.29, 1.82) is 0 Å². The molecule has 0 saturated carbocycles. The molecule has 0 aliphatic heterocycles. The van der Waals surface area contributed by atoms with E-state index in [0.29, 0.717) is 0 Å². The molecule has 1 aromatic rings. The van der Waals surface area contributed by atoms with Crippen LogP contribution in [-0.4, -0.2) is 26.2 Å². The van der Waals surface area contributed by atoms with Crippen molar-refractivity contribution in [3.05, 3.63) is 39.7 Å². The molecule has 0 saturated heterocycles. The summed E-state index contributed by atoms with van der Waals surface area (Å²) in [4.78, 5) is 0. The van der Waals surface area contributed by atoms with Crippen LogP contribution in [-0.2, 0) is 10.0 Å². The monoisotopic (exact) mass is 319 g/mol. The molecule has 2 N–H and O–H groups in total. The van der Waals surface area contributed by atoms with Gasteiger partial charge in [0.05, 0.1) is 6.61 Å². The molecule has 0 aliphatic rings. The Labute approximate surface area is 110 Å². The first-order chi connectivity index (χ1) is 7.93. The first kappa shape index (κ1) is 14.4. The molecule has 4 nitrogen and oxygen atoms in total. The minimum absolute atomic E-state index is 0.231. The van der Waals surface area contributed by atoms with E-state index < -0.39 is 16.1 Å². The molecule has 17 heavy (non-hydrogen) atoms. The molecular formula is C11H14BrNO3S. The summed E-state index contributed by atoms with van der Waals surface area (Å²) >= 11 is 3.30. The molecule has 1 atom stereocenters. The van der Waals surface area contributed by atoms with E-state index in [1.165, 1.54) is 6.08 Å². The Bertz CT molecular complexity index is 482. The summed E-state index contributed by atoms with van der Waals surface area (Å²) in [7, 11) is -3.50. The number of nitrogens with one attached hydrogen (secondary N) is 1. The second-order valence-corrected chi connectivity index (χ2v) is 6.11. The lowest BCUT2D eigenvalue weighted by atomic mass is 10.2. The van der Waals surface area contributed by atoms with Gasteiger partial charge >= 0.3 is 0 Å². The number of rotatable bonds is 5. The predicted molar refractivity (Wildman–Crippen MR) is 71.8 cm³/mol. The van der Waals surface area contributed by atoms with E-state index in [-0.39, 0.29) is 6.61 Å². The summed E-state index contributed by atoms with van der Waals surface area (Å²) in [5.41, 5.74) is 0.787. The summed E-state index contributed by atoms with van der Waals surface area (Å²) in [6.07, 6.45) is 1.50. The highest BCUT2D eigenvalue weighted by Crippen LogP contribution is 2.11. The van der Waals surface area contributed by atoms with E-state index in [9.17, 15) is 8.42 Å². The molecule has 94 valence electrons. The van der Waals surface area contributed by atoms with Crippen LogP contribution in [0.4, 0.5) is 0 Å². The van der Waals surface area contributed by atoms with E-state index in [2.05, 4.69) is 20.7 Å². The molecule has 1 unspecified atom stereocenters. The van der Waals surface area contributed by atoms with Crippen molar-refractivity contribution in [1.82, 2.24) is 4.72 Å². The first-order valence-corrected chi connectivity index (χ1v) is 7.34. The van der Waals surface area contributed by atoms with Gasteiger partial charge in [-0.25, -0.2) is 13.1 Å². The van der Waals surface area contributed by atoms with Gasteiger partial charge in [0.1, 0.15) is 0 Å². The second-order valence-electron chi connectivity index (χ2n) is 3.60. The lowest BCUT2D eigenvalue weighted by Gasteiger charge is -2.07. The second kappa shape index (κ2) is 6.30. The molecular weight excluding hydrogens is 306 g/mol. The Balaban J connectivity index is 2.73. The lowest BCUT2D eigenvalue weighted by Crippen LogP contribution is -2.33. The maximum Gasteiger partial charge on any atom is 0.234 e. The van der Waals surface area contributed by atoms with Crippen LogP contribution in [0.3, 0.4) is 0 Å². The topological polar surface area (TPSA) is 66.4 Å². The van der Waals surface area contributed by atoms with Gasteiger partial charge in [-0.1, -0.05) is 28.1 Å². The first-order valence-electron chi connectivity index (χ1n) is 5.00. The third kappa shape index (κ3) is 5.45. The van der Waals surface area contributed by atoms with Crippen LogP contribution >= 0.6 is 15.9 Å². The number of benzene rings is 1. The van der Waals surface area contributed by atoms with Gasteiger partial charge < -0.3 is 5.11 Å². The van der Waals surface area contributed by atoms with Gasteiger partial charge in [0.2, 0.25) is 10.0 Å². The fraction of sp³-hybridized carbons (Fsp3) is 0.273. The zero-order valence-corrected chi connectivity index (χ0v) is 11.7. The Morgan fingerprint density at radius 1 is 1.41 bits per heavy atom. The summed E-state index contributed by atoms with van der Waals surface area (Å²) in [5, 5.41) is 9.84. The molecule has 0 radical (unpaired) electrons. The Hall–Kier alpha value is -0.690. The van der Waals surface area contributed by atoms with E-state index in [0.717, 1.165) is 15.4 Å². The predicted octanol–water partition coefficient (Wildman–Crippen LogP) is 1.72. The Kier molecular flexibility index (Phi) is 5.32. The number of sulfonamides is 1. The normalized spacial score (nSPS) is 14.1. The number of halogens is 1. The Morgan fingerprint density at radius 3 is 2.53 bits per heavy atom. The Morgan fingerprint density at radius 2 is 2.00 bits per heavy atom.